The van der Waals surface area contributed by atoms with Crippen molar-refractivity contribution in [1.29, 1.82) is 0 Å². The first-order valence-corrected chi connectivity index (χ1v) is 8.25. The lowest BCUT2D eigenvalue weighted by Gasteiger charge is -2.39. The molecule has 1 aliphatic carbocycles. The summed E-state index contributed by atoms with van der Waals surface area (Å²) in [5, 5.41) is 11.0. The number of alkyl halides is 1. The summed E-state index contributed by atoms with van der Waals surface area (Å²) in [5.74, 6) is 0.395. The van der Waals surface area contributed by atoms with Gasteiger partial charge in [0.05, 0.1) is 5.60 Å². The monoisotopic (exact) mass is 358 g/mol. The normalized spacial score (nSPS) is 30.6. The number of aryl methyl sites for hydroxylation is 1. The largest absolute Gasteiger partial charge is 0.388 e. The van der Waals surface area contributed by atoms with Crippen LogP contribution in [0, 0.1) is 18.3 Å². The van der Waals surface area contributed by atoms with Gasteiger partial charge in [-0.3, -0.25) is 0 Å². The van der Waals surface area contributed by atoms with E-state index in [1.54, 1.807) is 0 Å². The molecule has 0 aromatic heterocycles. The zero-order valence-electron chi connectivity index (χ0n) is 11.5. The lowest BCUT2D eigenvalue weighted by Crippen LogP contribution is -2.47. The van der Waals surface area contributed by atoms with E-state index < -0.39 is 5.60 Å². The minimum Gasteiger partial charge on any atom is -0.388 e. The van der Waals surface area contributed by atoms with Gasteiger partial charge in [-0.25, -0.2) is 0 Å². The van der Waals surface area contributed by atoms with Crippen LogP contribution < -0.4 is 0 Å². The number of rotatable bonds is 3. The fourth-order valence-electron chi connectivity index (χ4n) is 3.11. The molecule has 1 N–H and O–H groups in total. The molecule has 1 aromatic carbocycles. The fourth-order valence-corrected chi connectivity index (χ4v) is 4.77. The summed E-state index contributed by atoms with van der Waals surface area (Å²) < 4.78 is 0.828. The van der Waals surface area contributed by atoms with Crippen molar-refractivity contribution in [3.63, 3.8) is 0 Å². The molecule has 1 fully saturated rings. The average Bonchev–Trinajstić information content (AvgIpc) is 2.56. The van der Waals surface area contributed by atoms with Gasteiger partial charge in [0, 0.05) is 4.43 Å². The summed E-state index contributed by atoms with van der Waals surface area (Å²) in [6, 6.07) is 8.74. The van der Waals surface area contributed by atoms with Gasteiger partial charge in [0.1, 0.15) is 0 Å². The first-order valence-electron chi connectivity index (χ1n) is 6.73. The van der Waals surface area contributed by atoms with Crippen molar-refractivity contribution in [2.75, 3.05) is 4.43 Å². The molecule has 0 radical (unpaired) electrons. The first-order chi connectivity index (χ1) is 8.39. The Bertz CT molecular complexity index is 410. The van der Waals surface area contributed by atoms with E-state index in [1.165, 1.54) is 11.1 Å². The number of benzene rings is 1. The molecule has 0 saturated heterocycles. The molecule has 1 saturated carbocycles. The predicted octanol–water partition coefficient (Wildman–Crippen LogP) is 4.14. The van der Waals surface area contributed by atoms with Gasteiger partial charge in [0.15, 0.2) is 0 Å². The molecule has 2 rings (SSSR count). The van der Waals surface area contributed by atoms with E-state index >= 15 is 0 Å². The minimum absolute atomic E-state index is 0.0452. The quantitative estimate of drug-likeness (QED) is 0.636. The van der Waals surface area contributed by atoms with Crippen LogP contribution in [-0.4, -0.2) is 15.1 Å². The molecule has 18 heavy (non-hydrogen) atoms. The number of hydrogen-bond donors (Lipinski definition) is 1. The van der Waals surface area contributed by atoms with Gasteiger partial charge in [-0.15, -0.1) is 0 Å². The van der Waals surface area contributed by atoms with Crippen LogP contribution in [0.25, 0.3) is 0 Å². The van der Waals surface area contributed by atoms with E-state index in [2.05, 4.69) is 67.6 Å². The number of hydrogen-bond acceptors (Lipinski definition) is 1. The summed E-state index contributed by atoms with van der Waals surface area (Å²) in [5.41, 5.74) is 2.18. The lowest BCUT2D eigenvalue weighted by molar-refractivity contribution is -0.0517. The Morgan fingerprint density at radius 3 is 2.44 bits per heavy atom. The molecule has 1 nitrogen and oxygen atoms in total. The van der Waals surface area contributed by atoms with Crippen molar-refractivity contribution in [2.45, 2.75) is 45.6 Å². The van der Waals surface area contributed by atoms with Crippen LogP contribution >= 0.6 is 22.6 Å². The van der Waals surface area contributed by atoms with Gasteiger partial charge in [-0.2, -0.15) is 0 Å². The van der Waals surface area contributed by atoms with Crippen LogP contribution in [0.1, 0.15) is 37.8 Å². The van der Waals surface area contributed by atoms with Crippen molar-refractivity contribution < 1.29 is 5.11 Å². The van der Waals surface area contributed by atoms with Crippen LogP contribution in [-0.2, 0) is 6.42 Å². The van der Waals surface area contributed by atoms with Crippen molar-refractivity contribution in [1.82, 2.24) is 0 Å². The van der Waals surface area contributed by atoms with Gasteiger partial charge in [0.2, 0.25) is 0 Å². The van der Waals surface area contributed by atoms with Crippen LogP contribution in [0.2, 0.25) is 0 Å². The van der Waals surface area contributed by atoms with E-state index in [1.807, 2.05) is 0 Å². The highest BCUT2D eigenvalue weighted by atomic mass is 127. The van der Waals surface area contributed by atoms with Gasteiger partial charge in [0.25, 0.3) is 0 Å². The first kappa shape index (κ1) is 14.3. The van der Waals surface area contributed by atoms with Gasteiger partial charge < -0.3 is 5.11 Å². The van der Waals surface area contributed by atoms with E-state index in [0.717, 1.165) is 23.7 Å². The second-order valence-electron chi connectivity index (χ2n) is 6.37. The Balaban J connectivity index is 2.17. The molecule has 100 valence electrons. The predicted molar refractivity (Wildman–Crippen MR) is 85.2 cm³/mol. The molecule has 0 heterocycles. The zero-order valence-corrected chi connectivity index (χ0v) is 13.7. The Morgan fingerprint density at radius 2 is 1.89 bits per heavy atom. The number of halogens is 1. The van der Waals surface area contributed by atoms with Crippen LogP contribution in [0.4, 0.5) is 0 Å². The minimum atomic E-state index is -0.515. The van der Waals surface area contributed by atoms with Gasteiger partial charge >= 0.3 is 0 Å². The SMILES string of the molecule is Cc1ccc(C[C@H]2CCC(C)(C)[C@@]2(O)CI)cc1. The summed E-state index contributed by atoms with van der Waals surface area (Å²) in [7, 11) is 0. The molecular weight excluding hydrogens is 335 g/mol. The van der Waals surface area contributed by atoms with Crippen molar-refractivity contribution in [3.05, 3.63) is 35.4 Å². The molecule has 1 aliphatic rings. The Hall–Kier alpha value is -0.0900. The number of aliphatic hydroxyl groups is 1. The molecule has 0 bridgehead atoms. The Kier molecular flexibility index (Phi) is 4.07. The third-order valence-corrected chi connectivity index (χ3v) is 5.93. The fraction of sp³-hybridized carbons (Fsp3) is 0.625. The molecule has 2 heteroatoms. The second kappa shape index (κ2) is 5.12. The van der Waals surface area contributed by atoms with Crippen LogP contribution in [0.5, 0.6) is 0 Å². The molecule has 0 aliphatic heterocycles. The standard InChI is InChI=1S/C16H23IO/c1-12-4-6-13(7-5-12)10-14-8-9-15(2,3)16(14,18)11-17/h4-7,14,18H,8-11H2,1-3H3/t14-,16-/m1/s1. The van der Waals surface area contributed by atoms with E-state index in [0.29, 0.717) is 5.92 Å². The Labute approximate surface area is 124 Å². The van der Waals surface area contributed by atoms with E-state index in [-0.39, 0.29) is 5.41 Å². The highest BCUT2D eigenvalue weighted by Crippen LogP contribution is 2.51. The summed E-state index contributed by atoms with van der Waals surface area (Å²) in [6.45, 7) is 6.53. The molecule has 1 aromatic rings. The maximum absolute atomic E-state index is 11.0. The topological polar surface area (TPSA) is 20.2 Å². The smallest absolute Gasteiger partial charge is 0.0818 e. The third kappa shape index (κ3) is 2.46. The highest BCUT2D eigenvalue weighted by molar-refractivity contribution is 14.1. The highest BCUT2D eigenvalue weighted by Gasteiger charge is 2.52. The lowest BCUT2D eigenvalue weighted by atomic mass is 9.74. The van der Waals surface area contributed by atoms with Gasteiger partial charge in [-0.1, -0.05) is 66.3 Å². The molecule has 0 unspecified atom stereocenters. The summed E-state index contributed by atoms with van der Waals surface area (Å²) in [4.78, 5) is 0. The van der Waals surface area contributed by atoms with Gasteiger partial charge in [-0.05, 0) is 43.1 Å². The molecule has 0 spiro atoms. The second-order valence-corrected chi connectivity index (χ2v) is 7.13. The molecular formula is C16H23IO. The maximum Gasteiger partial charge on any atom is 0.0818 e. The van der Waals surface area contributed by atoms with Crippen LogP contribution in [0.3, 0.4) is 0 Å². The molecule has 2 atom stereocenters. The Morgan fingerprint density at radius 1 is 1.28 bits per heavy atom. The van der Waals surface area contributed by atoms with Crippen LogP contribution in [0.15, 0.2) is 24.3 Å². The van der Waals surface area contributed by atoms with E-state index in [9.17, 15) is 5.11 Å². The summed E-state index contributed by atoms with van der Waals surface area (Å²) in [6.07, 6.45) is 3.27. The van der Waals surface area contributed by atoms with E-state index in [4.69, 9.17) is 0 Å². The van der Waals surface area contributed by atoms with Crippen molar-refractivity contribution >= 4 is 22.6 Å². The maximum atomic E-state index is 11.0. The summed E-state index contributed by atoms with van der Waals surface area (Å²) >= 11 is 2.34. The average molecular weight is 358 g/mol. The third-order valence-electron chi connectivity index (χ3n) is 4.77. The van der Waals surface area contributed by atoms with Crippen molar-refractivity contribution in [3.8, 4) is 0 Å². The van der Waals surface area contributed by atoms with Crippen molar-refractivity contribution in [2.24, 2.45) is 11.3 Å². The molecule has 0 amide bonds. The zero-order chi connectivity index (χ0) is 13.4.